The molecule has 1 aromatic rings. The number of carbonyl (C=O) groups is 3. The number of benzene rings is 1. The molecule has 0 aliphatic carbocycles. The first-order valence-electron chi connectivity index (χ1n) is 10.4. The summed E-state index contributed by atoms with van der Waals surface area (Å²) in [4.78, 5) is 45.4. The molecule has 2 aliphatic rings. The fourth-order valence-corrected chi connectivity index (χ4v) is 4.47. The summed E-state index contributed by atoms with van der Waals surface area (Å²) in [5.41, 5.74) is 0.454. The third-order valence-electron chi connectivity index (χ3n) is 5.97. The number of hydrogen-bond acceptors (Lipinski definition) is 4. The first kappa shape index (κ1) is 21.9. The lowest BCUT2D eigenvalue weighted by Crippen LogP contribution is -2.47. The highest BCUT2D eigenvalue weighted by molar-refractivity contribution is 5.82. The lowest BCUT2D eigenvalue weighted by Gasteiger charge is -2.34. The molecule has 1 aromatic carbocycles. The highest BCUT2D eigenvalue weighted by atomic mass is 16.5. The van der Waals surface area contributed by atoms with Gasteiger partial charge in [0, 0.05) is 65.2 Å². The van der Waals surface area contributed by atoms with Gasteiger partial charge < -0.3 is 24.3 Å². The minimum atomic E-state index is -0.431. The number of rotatable bonds is 4. The summed E-state index contributed by atoms with van der Waals surface area (Å²) in [7, 11) is 5.06. The van der Waals surface area contributed by atoms with Crippen molar-refractivity contribution in [2.75, 3.05) is 60.5 Å². The van der Waals surface area contributed by atoms with Gasteiger partial charge >= 0.3 is 6.03 Å². The quantitative estimate of drug-likeness (QED) is 0.742. The van der Waals surface area contributed by atoms with Gasteiger partial charge in [-0.25, -0.2) is 4.79 Å². The molecule has 0 radical (unpaired) electrons. The van der Waals surface area contributed by atoms with E-state index in [-0.39, 0.29) is 24.3 Å². The number of nitrogens with zero attached hydrogens (tertiary/aromatic N) is 4. The normalized spacial score (nSPS) is 21.7. The molecule has 2 aliphatic heterocycles. The van der Waals surface area contributed by atoms with E-state index in [0.717, 1.165) is 11.3 Å². The molecule has 30 heavy (non-hydrogen) atoms. The van der Waals surface area contributed by atoms with E-state index in [2.05, 4.69) is 0 Å². The molecular formula is C22H32N4O4. The van der Waals surface area contributed by atoms with Gasteiger partial charge in [0.05, 0.1) is 13.5 Å². The molecule has 2 saturated heterocycles. The van der Waals surface area contributed by atoms with Crippen molar-refractivity contribution in [1.29, 1.82) is 0 Å². The summed E-state index contributed by atoms with van der Waals surface area (Å²) in [6.45, 7) is 5.06. The smallest absolute Gasteiger partial charge is 0.319 e. The van der Waals surface area contributed by atoms with Crippen molar-refractivity contribution in [3.8, 4) is 5.75 Å². The topological polar surface area (TPSA) is 73.4 Å². The minimum absolute atomic E-state index is 0.00387. The third kappa shape index (κ3) is 4.68. The molecule has 2 heterocycles. The Morgan fingerprint density at radius 1 is 1.13 bits per heavy atom. The lowest BCUT2D eigenvalue weighted by atomic mass is 9.85. The number of methoxy groups -OCH3 is 1. The largest absolute Gasteiger partial charge is 0.497 e. The van der Waals surface area contributed by atoms with E-state index in [4.69, 9.17) is 4.74 Å². The number of amides is 4. The predicted molar refractivity (Wildman–Crippen MR) is 113 cm³/mol. The molecule has 1 spiro atoms. The van der Waals surface area contributed by atoms with Crippen LogP contribution in [0.5, 0.6) is 5.75 Å². The van der Waals surface area contributed by atoms with Gasteiger partial charge in [-0.05, 0) is 24.6 Å². The van der Waals surface area contributed by atoms with E-state index in [1.807, 2.05) is 41.0 Å². The maximum atomic E-state index is 13.2. The van der Waals surface area contributed by atoms with E-state index in [0.29, 0.717) is 45.7 Å². The third-order valence-corrected chi connectivity index (χ3v) is 5.97. The van der Waals surface area contributed by atoms with Gasteiger partial charge in [-0.15, -0.1) is 0 Å². The Hall–Kier alpha value is -2.77. The van der Waals surface area contributed by atoms with E-state index in [1.54, 1.807) is 31.0 Å². The number of carbonyl (C=O) groups excluding carboxylic acids is 3. The van der Waals surface area contributed by atoms with E-state index >= 15 is 0 Å². The van der Waals surface area contributed by atoms with E-state index < -0.39 is 5.41 Å². The zero-order chi connectivity index (χ0) is 21.9. The number of ether oxygens (including phenoxy) is 1. The molecule has 4 amide bonds. The molecule has 0 bridgehead atoms. The van der Waals surface area contributed by atoms with Crippen LogP contribution in [0.3, 0.4) is 0 Å². The highest BCUT2D eigenvalue weighted by Gasteiger charge is 2.47. The SMILES string of the molecule is CCN1CC2(CC1=O)CN(C(=O)Cc1cccc(OC)c1)CCN(C(=O)N(C)C)C2. The van der Waals surface area contributed by atoms with Gasteiger partial charge in [-0.1, -0.05) is 12.1 Å². The van der Waals surface area contributed by atoms with Crippen LogP contribution in [0.15, 0.2) is 24.3 Å². The fraction of sp³-hybridized carbons (Fsp3) is 0.591. The molecule has 0 N–H and O–H groups in total. The van der Waals surface area contributed by atoms with Crippen LogP contribution in [0.2, 0.25) is 0 Å². The molecule has 1 atom stereocenters. The van der Waals surface area contributed by atoms with Crippen molar-refractivity contribution in [2.45, 2.75) is 19.8 Å². The van der Waals surface area contributed by atoms with Gasteiger partial charge in [0.15, 0.2) is 0 Å². The van der Waals surface area contributed by atoms with Gasteiger partial charge in [0.1, 0.15) is 5.75 Å². The summed E-state index contributed by atoms with van der Waals surface area (Å²) in [5, 5.41) is 0. The maximum absolute atomic E-state index is 13.2. The second-order valence-electron chi connectivity index (χ2n) is 8.53. The van der Waals surface area contributed by atoms with Crippen LogP contribution in [0, 0.1) is 5.41 Å². The van der Waals surface area contributed by atoms with Crippen molar-refractivity contribution in [3.05, 3.63) is 29.8 Å². The molecule has 0 saturated carbocycles. The predicted octanol–water partition coefficient (Wildman–Crippen LogP) is 1.30. The molecule has 1 unspecified atom stereocenters. The monoisotopic (exact) mass is 416 g/mol. The van der Waals surface area contributed by atoms with Crippen LogP contribution in [0.25, 0.3) is 0 Å². The summed E-state index contributed by atoms with van der Waals surface area (Å²) in [6, 6.07) is 7.42. The van der Waals surface area contributed by atoms with Crippen molar-refractivity contribution in [1.82, 2.24) is 19.6 Å². The van der Waals surface area contributed by atoms with Gasteiger partial charge in [0.25, 0.3) is 0 Å². The molecular weight excluding hydrogens is 384 g/mol. The fourth-order valence-electron chi connectivity index (χ4n) is 4.47. The molecule has 8 heteroatoms. The molecule has 2 fully saturated rings. The van der Waals surface area contributed by atoms with Gasteiger partial charge in [-0.2, -0.15) is 0 Å². The van der Waals surface area contributed by atoms with Gasteiger partial charge in [-0.3, -0.25) is 9.59 Å². The van der Waals surface area contributed by atoms with Crippen LogP contribution in [-0.2, 0) is 16.0 Å². The highest BCUT2D eigenvalue weighted by Crippen LogP contribution is 2.35. The van der Waals surface area contributed by atoms with Crippen LogP contribution >= 0.6 is 0 Å². The standard InChI is InChI=1S/C22H32N4O4/c1-5-24-14-22(13-20(24)28)15-25(9-10-26(16-22)21(29)23(2)3)19(27)12-17-7-6-8-18(11-17)30-4/h6-8,11H,5,9-10,12-16H2,1-4H3. The molecule has 8 nitrogen and oxygen atoms in total. The molecule has 0 aromatic heterocycles. The number of hydrogen-bond donors (Lipinski definition) is 0. The zero-order valence-corrected chi connectivity index (χ0v) is 18.4. The van der Waals surface area contributed by atoms with E-state index in [1.165, 1.54) is 0 Å². The second kappa shape index (κ2) is 8.93. The Morgan fingerprint density at radius 3 is 2.47 bits per heavy atom. The van der Waals surface area contributed by atoms with Crippen LogP contribution in [0.1, 0.15) is 18.9 Å². The van der Waals surface area contributed by atoms with Crippen molar-refractivity contribution < 1.29 is 19.1 Å². The summed E-state index contributed by atoms with van der Waals surface area (Å²) < 4.78 is 5.26. The van der Waals surface area contributed by atoms with Gasteiger partial charge in [0.2, 0.25) is 11.8 Å². The number of likely N-dealkylation sites (tertiary alicyclic amines) is 1. The van der Waals surface area contributed by atoms with Crippen molar-refractivity contribution in [3.63, 3.8) is 0 Å². The Morgan fingerprint density at radius 2 is 1.83 bits per heavy atom. The Balaban J connectivity index is 1.82. The Labute approximate surface area is 178 Å². The second-order valence-corrected chi connectivity index (χ2v) is 8.53. The van der Waals surface area contributed by atoms with Crippen LogP contribution in [-0.4, -0.2) is 97.9 Å². The summed E-state index contributed by atoms with van der Waals surface area (Å²) in [6.07, 6.45) is 0.626. The minimum Gasteiger partial charge on any atom is -0.497 e. The summed E-state index contributed by atoms with van der Waals surface area (Å²) in [5.74, 6) is 0.816. The van der Waals surface area contributed by atoms with Crippen molar-refractivity contribution in [2.24, 2.45) is 5.41 Å². The number of urea groups is 1. The average Bonchev–Trinajstić information content (AvgIpc) is 2.91. The molecule has 3 rings (SSSR count). The maximum Gasteiger partial charge on any atom is 0.319 e. The lowest BCUT2D eigenvalue weighted by molar-refractivity contribution is -0.132. The first-order valence-corrected chi connectivity index (χ1v) is 10.4. The van der Waals surface area contributed by atoms with Crippen LogP contribution < -0.4 is 4.74 Å². The average molecular weight is 417 g/mol. The van der Waals surface area contributed by atoms with Crippen LogP contribution in [0.4, 0.5) is 4.79 Å². The van der Waals surface area contributed by atoms with E-state index in [9.17, 15) is 14.4 Å². The Bertz CT molecular complexity index is 812. The van der Waals surface area contributed by atoms with Crippen molar-refractivity contribution >= 4 is 17.8 Å². The Kier molecular flexibility index (Phi) is 6.53. The zero-order valence-electron chi connectivity index (χ0n) is 18.4. The summed E-state index contributed by atoms with van der Waals surface area (Å²) >= 11 is 0. The first-order chi connectivity index (χ1) is 14.3. The molecule has 164 valence electrons.